The zero-order valence-electron chi connectivity index (χ0n) is 10.5. The third-order valence-corrected chi connectivity index (χ3v) is 2.99. The molecule has 2 aromatic carbocycles. The number of benzene rings is 2. The van der Waals surface area contributed by atoms with Crippen molar-refractivity contribution in [1.82, 2.24) is 9.66 Å². The molecule has 0 spiro atoms. The van der Waals surface area contributed by atoms with Crippen LogP contribution in [0.25, 0.3) is 11.0 Å². The number of para-hydroxylation sites is 2. The zero-order valence-corrected chi connectivity index (χ0v) is 10.5. The summed E-state index contributed by atoms with van der Waals surface area (Å²) in [6.45, 7) is 1.99. The highest BCUT2D eigenvalue weighted by atomic mass is 16.2. The second-order valence-electron chi connectivity index (χ2n) is 4.41. The van der Waals surface area contributed by atoms with Crippen LogP contribution in [0, 0.1) is 6.92 Å². The summed E-state index contributed by atoms with van der Waals surface area (Å²) in [6.07, 6.45) is 1.61. The number of fused-ring (bicyclic) bond motifs is 1. The largest absolute Gasteiger partial charge is 0.270 e. The van der Waals surface area contributed by atoms with Crippen molar-refractivity contribution in [3.63, 3.8) is 0 Å². The smallest absolute Gasteiger partial charge is 0.267 e. The lowest BCUT2D eigenvalue weighted by Crippen LogP contribution is -2.21. The first-order valence-corrected chi connectivity index (χ1v) is 6.04. The van der Waals surface area contributed by atoms with Gasteiger partial charge in [0.05, 0.1) is 11.0 Å². The average Bonchev–Trinajstić information content (AvgIpc) is 2.83. The first-order chi connectivity index (χ1) is 9.24. The predicted octanol–water partition coefficient (Wildman–Crippen LogP) is 2.73. The summed E-state index contributed by atoms with van der Waals surface area (Å²) >= 11 is 0. The van der Waals surface area contributed by atoms with Gasteiger partial charge in [-0.1, -0.05) is 29.8 Å². The van der Waals surface area contributed by atoms with E-state index in [-0.39, 0.29) is 5.91 Å². The van der Waals surface area contributed by atoms with Gasteiger partial charge in [-0.3, -0.25) is 10.2 Å². The number of rotatable bonds is 2. The number of hydrogen-bond acceptors (Lipinski definition) is 2. The van der Waals surface area contributed by atoms with E-state index >= 15 is 0 Å². The fourth-order valence-corrected chi connectivity index (χ4v) is 1.93. The van der Waals surface area contributed by atoms with Gasteiger partial charge in [0, 0.05) is 5.56 Å². The molecule has 0 bridgehead atoms. The van der Waals surface area contributed by atoms with Crippen LogP contribution in [0.1, 0.15) is 15.9 Å². The number of carbonyl (C=O) groups excluding carboxylic acids is 1. The Labute approximate surface area is 110 Å². The van der Waals surface area contributed by atoms with Crippen molar-refractivity contribution in [2.24, 2.45) is 0 Å². The maximum Gasteiger partial charge on any atom is 0.270 e. The molecule has 1 heterocycles. The maximum atomic E-state index is 12.1. The van der Waals surface area contributed by atoms with E-state index in [1.54, 1.807) is 11.0 Å². The van der Waals surface area contributed by atoms with Crippen LogP contribution in [-0.4, -0.2) is 15.6 Å². The van der Waals surface area contributed by atoms with Crippen LogP contribution < -0.4 is 5.43 Å². The molecular formula is C15H13N3O. The van der Waals surface area contributed by atoms with Crippen LogP contribution in [0.5, 0.6) is 0 Å². The third-order valence-electron chi connectivity index (χ3n) is 2.99. The first-order valence-electron chi connectivity index (χ1n) is 6.04. The highest BCUT2D eigenvalue weighted by molar-refractivity contribution is 6.00. The van der Waals surface area contributed by atoms with E-state index in [0.717, 1.165) is 16.6 Å². The molecular weight excluding hydrogens is 238 g/mol. The summed E-state index contributed by atoms with van der Waals surface area (Å²) < 4.78 is 1.64. The molecule has 19 heavy (non-hydrogen) atoms. The van der Waals surface area contributed by atoms with Crippen molar-refractivity contribution in [3.05, 3.63) is 66.0 Å². The minimum atomic E-state index is -0.150. The Hall–Kier alpha value is -2.62. The zero-order chi connectivity index (χ0) is 13.2. The van der Waals surface area contributed by atoms with Crippen molar-refractivity contribution >= 4 is 16.9 Å². The highest BCUT2D eigenvalue weighted by Gasteiger charge is 2.07. The minimum Gasteiger partial charge on any atom is -0.267 e. The molecule has 94 valence electrons. The predicted molar refractivity (Wildman–Crippen MR) is 74.6 cm³/mol. The van der Waals surface area contributed by atoms with E-state index in [1.165, 1.54) is 0 Å². The molecule has 0 aliphatic rings. The first kappa shape index (κ1) is 11.5. The number of hydrogen-bond donors (Lipinski definition) is 1. The summed E-state index contributed by atoms with van der Waals surface area (Å²) in [6, 6.07) is 15.1. The molecule has 1 amide bonds. The Balaban J connectivity index is 1.89. The van der Waals surface area contributed by atoms with E-state index in [4.69, 9.17) is 0 Å². The Kier molecular flexibility index (Phi) is 2.76. The fraction of sp³-hybridized carbons (Fsp3) is 0.0667. The van der Waals surface area contributed by atoms with Gasteiger partial charge in [0.25, 0.3) is 5.91 Å². The lowest BCUT2D eigenvalue weighted by molar-refractivity contribution is 0.101. The Bertz CT molecular complexity index is 728. The summed E-state index contributed by atoms with van der Waals surface area (Å²) in [5, 5.41) is 0. The summed E-state index contributed by atoms with van der Waals surface area (Å²) in [5.74, 6) is -0.150. The molecule has 0 saturated carbocycles. The maximum absolute atomic E-state index is 12.1. The second kappa shape index (κ2) is 4.57. The summed E-state index contributed by atoms with van der Waals surface area (Å²) in [4.78, 5) is 16.3. The summed E-state index contributed by atoms with van der Waals surface area (Å²) in [7, 11) is 0. The molecule has 4 heteroatoms. The van der Waals surface area contributed by atoms with E-state index < -0.39 is 0 Å². The van der Waals surface area contributed by atoms with Crippen LogP contribution in [0.3, 0.4) is 0 Å². The molecule has 1 N–H and O–H groups in total. The van der Waals surface area contributed by atoms with E-state index in [2.05, 4.69) is 10.4 Å². The molecule has 0 aliphatic heterocycles. The van der Waals surface area contributed by atoms with Gasteiger partial charge >= 0.3 is 0 Å². The molecule has 0 unspecified atom stereocenters. The van der Waals surface area contributed by atoms with Gasteiger partial charge in [0.2, 0.25) is 0 Å². The van der Waals surface area contributed by atoms with Gasteiger partial charge in [-0.05, 0) is 31.2 Å². The van der Waals surface area contributed by atoms with E-state index in [0.29, 0.717) is 5.56 Å². The molecule has 0 atom stereocenters. The van der Waals surface area contributed by atoms with Crippen LogP contribution in [0.4, 0.5) is 0 Å². The van der Waals surface area contributed by atoms with Crippen molar-refractivity contribution in [2.75, 3.05) is 5.43 Å². The second-order valence-corrected chi connectivity index (χ2v) is 4.41. The number of nitrogens with zero attached hydrogens (tertiary/aromatic N) is 2. The Morgan fingerprint density at radius 2 is 1.84 bits per heavy atom. The third kappa shape index (κ3) is 2.20. The standard InChI is InChI=1S/C15H13N3O/c1-11-6-8-12(9-7-11)15(19)17-18-10-16-13-4-2-3-5-14(13)18/h2-10H,1H3,(H,17,19). The number of aryl methyl sites for hydroxylation is 1. The van der Waals surface area contributed by atoms with Crippen LogP contribution >= 0.6 is 0 Å². The molecule has 0 aliphatic carbocycles. The van der Waals surface area contributed by atoms with Gasteiger partial charge in [-0.15, -0.1) is 0 Å². The average molecular weight is 251 g/mol. The molecule has 3 aromatic rings. The van der Waals surface area contributed by atoms with Gasteiger partial charge in [-0.2, -0.15) is 0 Å². The molecule has 0 saturated heterocycles. The van der Waals surface area contributed by atoms with Crippen molar-refractivity contribution < 1.29 is 4.79 Å². The van der Waals surface area contributed by atoms with Gasteiger partial charge < -0.3 is 0 Å². The van der Waals surface area contributed by atoms with Crippen molar-refractivity contribution in [1.29, 1.82) is 0 Å². The Morgan fingerprint density at radius 1 is 1.11 bits per heavy atom. The van der Waals surface area contributed by atoms with Crippen molar-refractivity contribution in [3.8, 4) is 0 Å². The van der Waals surface area contributed by atoms with Crippen molar-refractivity contribution in [2.45, 2.75) is 6.92 Å². The number of imidazole rings is 1. The van der Waals surface area contributed by atoms with E-state index in [9.17, 15) is 4.79 Å². The lowest BCUT2D eigenvalue weighted by atomic mass is 10.1. The monoisotopic (exact) mass is 251 g/mol. The summed E-state index contributed by atoms with van der Waals surface area (Å²) in [5.41, 5.74) is 6.30. The van der Waals surface area contributed by atoms with Crippen LogP contribution in [0.15, 0.2) is 54.9 Å². The number of carbonyl (C=O) groups is 1. The SMILES string of the molecule is Cc1ccc(C(=O)Nn2cnc3ccccc32)cc1. The normalized spacial score (nSPS) is 10.6. The van der Waals surface area contributed by atoms with Gasteiger partial charge in [0.15, 0.2) is 0 Å². The molecule has 1 aromatic heterocycles. The lowest BCUT2D eigenvalue weighted by Gasteiger charge is -2.07. The fourth-order valence-electron chi connectivity index (χ4n) is 1.93. The Morgan fingerprint density at radius 3 is 2.63 bits per heavy atom. The van der Waals surface area contributed by atoms with Gasteiger partial charge in [-0.25, -0.2) is 9.66 Å². The number of amides is 1. The highest BCUT2D eigenvalue weighted by Crippen LogP contribution is 2.11. The number of nitrogens with one attached hydrogen (secondary N) is 1. The molecule has 0 radical (unpaired) electrons. The van der Waals surface area contributed by atoms with Gasteiger partial charge in [0.1, 0.15) is 6.33 Å². The minimum absolute atomic E-state index is 0.150. The number of aromatic nitrogens is 2. The van der Waals surface area contributed by atoms with Crippen LogP contribution in [0.2, 0.25) is 0 Å². The topological polar surface area (TPSA) is 46.9 Å². The quantitative estimate of drug-likeness (QED) is 0.761. The molecule has 0 fully saturated rings. The van der Waals surface area contributed by atoms with Crippen LogP contribution in [-0.2, 0) is 0 Å². The van der Waals surface area contributed by atoms with E-state index in [1.807, 2.05) is 55.5 Å². The molecule has 3 rings (SSSR count). The molecule has 4 nitrogen and oxygen atoms in total.